The normalized spacial score (nSPS) is 20.0. The highest BCUT2D eigenvalue weighted by Crippen LogP contribution is 2.15. The molecule has 1 aromatic rings. The fourth-order valence-corrected chi connectivity index (χ4v) is 2.08. The third-order valence-electron chi connectivity index (χ3n) is 2.99. The topological polar surface area (TPSA) is 59.1 Å². The molecule has 0 saturated carbocycles. The second-order valence-electron chi connectivity index (χ2n) is 4.44. The van der Waals surface area contributed by atoms with Gasteiger partial charge in [0.25, 0.3) is 0 Å². The molecule has 1 unspecified atom stereocenters. The first kappa shape index (κ1) is 12.1. The quantitative estimate of drug-likeness (QED) is 0.822. The van der Waals surface area contributed by atoms with Gasteiger partial charge in [0, 0.05) is 12.6 Å². The Bertz CT molecular complexity index is 364. The number of piperidine rings is 1. The summed E-state index contributed by atoms with van der Waals surface area (Å²) in [7, 11) is 1.62. The maximum Gasteiger partial charge on any atom is 0.218 e. The van der Waals surface area contributed by atoms with Gasteiger partial charge in [-0.25, -0.2) is 4.98 Å². The summed E-state index contributed by atoms with van der Waals surface area (Å²) in [6.07, 6.45) is 2.54. The van der Waals surface area contributed by atoms with Crippen LogP contribution in [0, 0.1) is 12.8 Å². The Morgan fingerprint density at radius 1 is 1.53 bits per heavy atom. The Morgan fingerprint density at radius 2 is 2.41 bits per heavy atom. The van der Waals surface area contributed by atoms with Gasteiger partial charge in [0.1, 0.15) is 11.6 Å². The largest absolute Gasteiger partial charge is 0.481 e. The zero-order chi connectivity index (χ0) is 12.1. The first-order valence-electron chi connectivity index (χ1n) is 6.12. The Morgan fingerprint density at radius 3 is 3.12 bits per heavy atom. The molecule has 1 saturated heterocycles. The lowest BCUT2D eigenvalue weighted by molar-refractivity contribution is 0.390. The smallest absolute Gasteiger partial charge is 0.218 e. The molecule has 2 rings (SSSR count). The summed E-state index contributed by atoms with van der Waals surface area (Å²) in [5.41, 5.74) is 0. The number of ether oxygens (including phenoxy) is 1. The number of hydrogen-bond donors (Lipinski definition) is 2. The second-order valence-corrected chi connectivity index (χ2v) is 4.44. The highest BCUT2D eigenvalue weighted by molar-refractivity contribution is 5.38. The fourth-order valence-electron chi connectivity index (χ4n) is 2.08. The van der Waals surface area contributed by atoms with Gasteiger partial charge in [-0.15, -0.1) is 0 Å². The minimum Gasteiger partial charge on any atom is -0.481 e. The summed E-state index contributed by atoms with van der Waals surface area (Å²) >= 11 is 0. The fraction of sp³-hybridized carbons (Fsp3) is 0.667. The van der Waals surface area contributed by atoms with E-state index in [1.807, 2.05) is 13.0 Å². The van der Waals surface area contributed by atoms with Gasteiger partial charge >= 0.3 is 0 Å². The van der Waals surface area contributed by atoms with E-state index in [-0.39, 0.29) is 0 Å². The van der Waals surface area contributed by atoms with E-state index in [9.17, 15) is 0 Å². The first-order chi connectivity index (χ1) is 8.28. The SMILES string of the molecule is COc1cc(NCC2CCCNC2)nc(C)n1. The predicted octanol–water partition coefficient (Wildman–Crippen LogP) is 1.21. The molecule has 0 aromatic carbocycles. The number of hydrogen-bond acceptors (Lipinski definition) is 5. The summed E-state index contributed by atoms with van der Waals surface area (Å²) < 4.78 is 5.12. The highest BCUT2D eigenvalue weighted by Gasteiger charge is 2.12. The number of nitrogens with zero attached hydrogens (tertiary/aromatic N) is 2. The average Bonchev–Trinajstić information content (AvgIpc) is 2.37. The molecule has 0 aliphatic carbocycles. The summed E-state index contributed by atoms with van der Waals surface area (Å²) in [4.78, 5) is 8.50. The molecule has 0 radical (unpaired) electrons. The number of methoxy groups -OCH3 is 1. The van der Waals surface area contributed by atoms with Crippen LogP contribution in [-0.2, 0) is 0 Å². The minimum atomic E-state index is 0.613. The zero-order valence-electron chi connectivity index (χ0n) is 10.5. The molecule has 17 heavy (non-hydrogen) atoms. The van der Waals surface area contributed by atoms with E-state index in [1.54, 1.807) is 7.11 Å². The van der Waals surface area contributed by atoms with Crippen LogP contribution in [0.4, 0.5) is 5.82 Å². The van der Waals surface area contributed by atoms with Crippen LogP contribution in [0.25, 0.3) is 0 Å². The molecule has 5 nitrogen and oxygen atoms in total. The van der Waals surface area contributed by atoms with E-state index >= 15 is 0 Å². The van der Waals surface area contributed by atoms with Gasteiger partial charge < -0.3 is 15.4 Å². The van der Waals surface area contributed by atoms with Crippen molar-refractivity contribution in [1.29, 1.82) is 0 Å². The van der Waals surface area contributed by atoms with Crippen molar-refractivity contribution < 1.29 is 4.74 Å². The van der Waals surface area contributed by atoms with Crippen molar-refractivity contribution in [2.75, 3.05) is 32.1 Å². The van der Waals surface area contributed by atoms with Crippen molar-refractivity contribution in [3.63, 3.8) is 0 Å². The van der Waals surface area contributed by atoms with E-state index in [0.29, 0.717) is 11.8 Å². The van der Waals surface area contributed by atoms with Crippen molar-refractivity contribution in [3.05, 3.63) is 11.9 Å². The lowest BCUT2D eigenvalue weighted by Gasteiger charge is -2.23. The molecule has 0 spiro atoms. The Labute approximate surface area is 102 Å². The monoisotopic (exact) mass is 236 g/mol. The predicted molar refractivity (Wildman–Crippen MR) is 67.4 cm³/mol. The molecular formula is C12H20N4O. The molecular weight excluding hydrogens is 216 g/mol. The molecule has 1 aliphatic heterocycles. The number of aryl methyl sites for hydroxylation is 1. The molecule has 5 heteroatoms. The van der Waals surface area contributed by atoms with Crippen LogP contribution in [0.1, 0.15) is 18.7 Å². The summed E-state index contributed by atoms with van der Waals surface area (Å²) in [6.45, 7) is 5.06. The molecule has 1 atom stereocenters. The van der Waals surface area contributed by atoms with Gasteiger partial charge in [-0.1, -0.05) is 0 Å². The zero-order valence-corrected chi connectivity index (χ0v) is 10.5. The maximum absolute atomic E-state index is 5.12. The number of aromatic nitrogens is 2. The molecule has 94 valence electrons. The minimum absolute atomic E-state index is 0.613. The van der Waals surface area contributed by atoms with Gasteiger partial charge in [0.05, 0.1) is 7.11 Å². The third kappa shape index (κ3) is 3.56. The maximum atomic E-state index is 5.12. The van der Waals surface area contributed by atoms with Gasteiger partial charge in [0.2, 0.25) is 5.88 Å². The lowest BCUT2D eigenvalue weighted by Crippen LogP contribution is -2.33. The van der Waals surface area contributed by atoms with Crippen LogP contribution >= 0.6 is 0 Å². The molecule has 1 aromatic heterocycles. The van der Waals surface area contributed by atoms with E-state index in [0.717, 1.165) is 31.3 Å². The van der Waals surface area contributed by atoms with E-state index in [2.05, 4.69) is 20.6 Å². The van der Waals surface area contributed by atoms with Crippen molar-refractivity contribution in [3.8, 4) is 5.88 Å². The van der Waals surface area contributed by atoms with Gasteiger partial charge in [-0.2, -0.15) is 4.98 Å². The first-order valence-corrected chi connectivity index (χ1v) is 6.12. The number of anilines is 1. The van der Waals surface area contributed by atoms with Crippen LogP contribution in [0.3, 0.4) is 0 Å². The second kappa shape index (κ2) is 5.82. The van der Waals surface area contributed by atoms with Crippen molar-refractivity contribution in [1.82, 2.24) is 15.3 Å². The van der Waals surface area contributed by atoms with E-state index in [1.165, 1.54) is 12.8 Å². The standard InChI is InChI=1S/C12H20N4O/c1-9-15-11(6-12(16-9)17-2)14-8-10-4-3-5-13-7-10/h6,10,13H,3-5,7-8H2,1-2H3,(H,14,15,16). The summed E-state index contributed by atoms with van der Waals surface area (Å²) in [5, 5.41) is 6.77. The molecule has 2 N–H and O–H groups in total. The average molecular weight is 236 g/mol. The van der Waals surface area contributed by atoms with Crippen LogP contribution in [0.2, 0.25) is 0 Å². The third-order valence-corrected chi connectivity index (χ3v) is 2.99. The van der Waals surface area contributed by atoms with Crippen LogP contribution in [-0.4, -0.2) is 36.7 Å². The summed E-state index contributed by atoms with van der Waals surface area (Å²) in [5.74, 6) is 2.88. The molecule has 0 bridgehead atoms. The van der Waals surface area contributed by atoms with Crippen LogP contribution in [0.15, 0.2) is 6.07 Å². The van der Waals surface area contributed by atoms with Gasteiger partial charge in [-0.3, -0.25) is 0 Å². The van der Waals surface area contributed by atoms with Crippen LogP contribution < -0.4 is 15.4 Å². The van der Waals surface area contributed by atoms with Crippen LogP contribution in [0.5, 0.6) is 5.88 Å². The summed E-state index contributed by atoms with van der Waals surface area (Å²) in [6, 6.07) is 1.84. The van der Waals surface area contributed by atoms with Gasteiger partial charge in [0.15, 0.2) is 0 Å². The van der Waals surface area contributed by atoms with Gasteiger partial charge in [-0.05, 0) is 38.8 Å². The Hall–Kier alpha value is -1.36. The Balaban J connectivity index is 1.91. The molecule has 1 aliphatic rings. The van der Waals surface area contributed by atoms with Crippen molar-refractivity contribution in [2.24, 2.45) is 5.92 Å². The number of rotatable bonds is 4. The molecule has 1 fully saturated rings. The van der Waals surface area contributed by atoms with E-state index < -0.39 is 0 Å². The Kier molecular flexibility index (Phi) is 4.14. The van der Waals surface area contributed by atoms with Crippen molar-refractivity contribution in [2.45, 2.75) is 19.8 Å². The molecule has 0 amide bonds. The number of nitrogens with one attached hydrogen (secondary N) is 2. The van der Waals surface area contributed by atoms with E-state index in [4.69, 9.17) is 4.74 Å². The molecule has 2 heterocycles. The highest BCUT2D eigenvalue weighted by atomic mass is 16.5. The van der Waals surface area contributed by atoms with Crippen molar-refractivity contribution >= 4 is 5.82 Å². The lowest BCUT2D eigenvalue weighted by atomic mass is 10.00.